The summed E-state index contributed by atoms with van der Waals surface area (Å²) in [5.74, 6) is 1.81. The van der Waals surface area contributed by atoms with Gasteiger partial charge in [-0.25, -0.2) is 4.98 Å². The number of hydrogen-bond donors (Lipinski definition) is 1. The van der Waals surface area contributed by atoms with Gasteiger partial charge >= 0.3 is 0 Å². The van der Waals surface area contributed by atoms with Crippen molar-refractivity contribution in [1.29, 1.82) is 0 Å². The van der Waals surface area contributed by atoms with E-state index in [1.54, 1.807) is 22.7 Å². The lowest BCUT2D eigenvalue weighted by Gasteiger charge is -2.37. The molecule has 0 bridgehead atoms. The highest BCUT2D eigenvalue weighted by molar-refractivity contribution is 7.18. The first-order chi connectivity index (χ1) is 16.2. The van der Waals surface area contributed by atoms with Crippen molar-refractivity contribution >= 4 is 32.9 Å². The first-order valence-corrected chi connectivity index (χ1v) is 13.2. The standard InChI is InChI=1S/C25H26N4O2S2/c1-16(23-26-24(30)22-19(15-33-25(22)27-23)21-3-2-12-32-21)29-9-7-28(8-10-29)14-17-4-5-20-18(13-17)6-11-31-20/h2-5,12-13,15-16H,6-11,14H2,1H3,(H,26,27,30)/t16-/m0/s1. The number of nitrogens with one attached hydrogen (secondary N) is 1. The molecule has 5 heterocycles. The fourth-order valence-electron chi connectivity index (χ4n) is 4.85. The third kappa shape index (κ3) is 4.01. The van der Waals surface area contributed by atoms with E-state index >= 15 is 0 Å². The molecule has 6 rings (SSSR count). The summed E-state index contributed by atoms with van der Waals surface area (Å²) in [5.41, 5.74) is 3.65. The molecule has 0 aliphatic carbocycles. The van der Waals surface area contributed by atoms with Crippen LogP contribution in [0.3, 0.4) is 0 Å². The van der Waals surface area contributed by atoms with Gasteiger partial charge in [0.25, 0.3) is 5.56 Å². The molecule has 1 saturated heterocycles. The Kier molecular flexibility index (Phi) is 5.54. The van der Waals surface area contributed by atoms with Gasteiger partial charge in [0, 0.05) is 55.0 Å². The number of aromatic nitrogens is 2. The molecule has 0 spiro atoms. The van der Waals surface area contributed by atoms with Crippen molar-refractivity contribution in [3.05, 3.63) is 68.4 Å². The van der Waals surface area contributed by atoms with Gasteiger partial charge in [0.2, 0.25) is 0 Å². The average molecular weight is 479 g/mol. The van der Waals surface area contributed by atoms with Crippen LogP contribution in [0.15, 0.2) is 45.9 Å². The zero-order chi connectivity index (χ0) is 22.4. The molecule has 6 nitrogen and oxygen atoms in total. The largest absolute Gasteiger partial charge is 0.493 e. The molecule has 33 heavy (non-hydrogen) atoms. The van der Waals surface area contributed by atoms with Crippen LogP contribution in [0.25, 0.3) is 20.7 Å². The molecule has 1 N–H and O–H groups in total. The third-order valence-electron chi connectivity index (χ3n) is 6.76. The van der Waals surface area contributed by atoms with Gasteiger partial charge in [-0.15, -0.1) is 22.7 Å². The van der Waals surface area contributed by atoms with Crippen molar-refractivity contribution in [1.82, 2.24) is 19.8 Å². The van der Waals surface area contributed by atoms with Gasteiger partial charge in [-0.2, -0.15) is 0 Å². The minimum Gasteiger partial charge on any atom is -0.493 e. The SMILES string of the molecule is C[C@@H](c1nc2scc(-c3cccs3)c2c(=O)[nH]1)N1CCN(Cc2ccc3c(c2)CCO3)CC1. The summed E-state index contributed by atoms with van der Waals surface area (Å²) in [6.45, 7) is 7.85. The smallest absolute Gasteiger partial charge is 0.260 e. The Morgan fingerprint density at radius 1 is 1.18 bits per heavy atom. The van der Waals surface area contributed by atoms with Crippen molar-refractivity contribution < 1.29 is 4.74 Å². The summed E-state index contributed by atoms with van der Waals surface area (Å²) < 4.78 is 5.63. The van der Waals surface area contributed by atoms with Crippen molar-refractivity contribution in [2.75, 3.05) is 32.8 Å². The summed E-state index contributed by atoms with van der Waals surface area (Å²) in [6, 6.07) is 10.7. The molecule has 170 valence electrons. The van der Waals surface area contributed by atoms with Crippen LogP contribution >= 0.6 is 22.7 Å². The van der Waals surface area contributed by atoms with E-state index in [4.69, 9.17) is 9.72 Å². The fourth-order valence-corrected chi connectivity index (χ4v) is 6.62. The van der Waals surface area contributed by atoms with E-state index in [0.29, 0.717) is 5.39 Å². The van der Waals surface area contributed by atoms with Crippen LogP contribution in [-0.2, 0) is 13.0 Å². The van der Waals surface area contributed by atoms with Gasteiger partial charge in [-0.05, 0) is 35.6 Å². The number of rotatable bonds is 5. The van der Waals surface area contributed by atoms with Crippen LogP contribution in [0, 0.1) is 0 Å². The van der Waals surface area contributed by atoms with E-state index in [-0.39, 0.29) is 11.6 Å². The monoisotopic (exact) mass is 478 g/mol. The van der Waals surface area contributed by atoms with Crippen LogP contribution in [0.4, 0.5) is 0 Å². The molecule has 1 fully saturated rings. The molecule has 4 aromatic rings. The first kappa shape index (κ1) is 21.0. The van der Waals surface area contributed by atoms with Gasteiger partial charge in [-0.1, -0.05) is 18.2 Å². The number of fused-ring (bicyclic) bond motifs is 2. The maximum absolute atomic E-state index is 13.0. The molecular weight excluding hydrogens is 452 g/mol. The number of aromatic amines is 1. The van der Waals surface area contributed by atoms with Gasteiger partial charge in [0.05, 0.1) is 18.0 Å². The second-order valence-corrected chi connectivity index (χ2v) is 10.6. The number of piperazine rings is 1. The molecule has 8 heteroatoms. The second-order valence-electron chi connectivity index (χ2n) is 8.79. The first-order valence-electron chi connectivity index (χ1n) is 11.4. The number of hydrogen-bond acceptors (Lipinski definition) is 7. The van der Waals surface area contributed by atoms with Crippen molar-refractivity contribution in [2.24, 2.45) is 0 Å². The molecule has 0 unspecified atom stereocenters. The Balaban J connectivity index is 1.14. The van der Waals surface area contributed by atoms with Gasteiger partial charge in [0.15, 0.2) is 0 Å². The molecule has 0 radical (unpaired) electrons. The van der Waals surface area contributed by atoms with E-state index in [9.17, 15) is 4.79 Å². The minimum absolute atomic E-state index is 0.0364. The Bertz CT molecular complexity index is 1340. The Morgan fingerprint density at radius 3 is 2.88 bits per heavy atom. The second kappa shape index (κ2) is 8.68. The maximum atomic E-state index is 13.0. The quantitative estimate of drug-likeness (QED) is 0.457. The summed E-state index contributed by atoms with van der Waals surface area (Å²) in [7, 11) is 0. The minimum atomic E-state index is -0.0364. The van der Waals surface area contributed by atoms with E-state index < -0.39 is 0 Å². The molecule has 1 atom stereocenters. The lowest BCUT2D eigenvalue weighted by molar-refractivity contribution is 0.0948. The van der Waals surface area contributed by atoms with E-state index in [1.165, 1.54) is 11.1 Å². The van der Waals surface area contributed by atoms with Crippen LogP contribution in [0.5, 0.6) is 5.75 Å². The van der Waals surface area contributed by atoms with E-state index in [1.807, 2.05) is 11.4 Å². The fraction of sp³-hybridized carbons (Fsp3) is 0.360. The van der Waals surface area contributed by atoms with Gasteiger partial charge in [0.1, 0.15) is 16.4 Å². The third-order valence-corrected chi connectivity index (χ3v) is 8.53. The average Bonchev–Trinajstić information content (AvgIpc) is 3.59. The van der Waals surface area contributed by atoms with Crippen LogP contribution in [0.1, 0.15) is 29.9 Å². The summed E-state index contributed by atoms with van der Waals surface area (Å²) in [5, 5.41) is 4.80. The van der Waals surface area contributed by atoms with Crippen molar-refractivity contribution in [3.8, 4) is 16.2 Å². The number of H-pyrrole nitrogens is 1. The Labute approximate surface area is 200 Å². The molecule has 3 aromatic heterocycles. The van der Waals surface area contributed by atoms with Crippen LogP contribution in [-0.4, -0.2) is 52.6 Å². The lowest BCUT2D eigenvalue weighted by atomic mass is 10.1. The zero-order valence-corrected chi connectivity index (χ0v) is 20.2. The zero-order valence-electron chi connectivity index (χ0n) is 18.5. The summed E-state index contributed by atoms with van der Waals surface area (Å²) >= 11 is 3.21. The van der Waals surface area contributed by atoms with Crippen molar-refractivity contribution in [2.45, 2.75) is 25.9 Å². The molecule has 1 aromatic carbocycles. The predicted molar refractivity (Wildman–Crippen MR) is 134 cm³/mol. The highest BCUT2D eigenvalue weighted by Gasteiger charge is 2.25. The molecule has 2 aliphatic rings. The molecule has 0 amide bonds. The number of nitrogens with zero attached hydrogens (tertiary/aromatic N) is 3. The number of thiophene rings is 2. The molecule has 0 saturated carbocycles. The maximum Gasteiger partial charge on any atom is 0.260 e. The highest BCUT2D eigenvalue weighted by Crippen LogP contribution is 2.34. The Morgan fingerprint density at radius 2 is 2.06 bits per heavy atom. The number of ether oxygens (including phenoxy) is 1. The van der Waals surface area contributed by atoms with Gasteiger partial charge in [-0.3, -0.25) is 14.6 Å². The molecular formula is C25H26N4O2S2. The Hall–Kier alpha value is -2.52. The van der Waals surface area contributed by atoms with Crippen molar-refractivity contribution in [3.63, 3.8) is 0 Å². The van der Waals surface area contributed by atoms with E-state index in [0.717, 1.165) is 72.6 Å². The molecule has 2 aliphatic heterocycles. The van der Waals surface area contributed by atoms with E-state index in [2.05, 4.69) is 51.4 Å². The highest BCUT2D eigenvalue weighted by atomic mass is 32.1. The number of benzene rings is 1. The van der Waals surface area contributed by atoms with Crippen LogP contribution in [0.2, 0.25) is 0 Å². The lowest BCUT2D eigenvalue weighted by Crippen LogP contribution is -2.47. The van der Waals surface area contributed by atoms with Crippen LogP contribution < -0.4 is 10.3 Å². The normalized spacial score (nSPS) is 17.8. The topological polar surface area (TPSA) is 61.5 Å². The summed E-state index contributed by atoms with van der Waals surface area (Å²) in [4.78, 5) is 27.8. The predicted octanol–water partition coefficient (Wildman–Crippen LogP) is 4.53. The summed E-state index contributed by atoms with van der Waals surface area (Å²) in [6.07, 6.45) is 1.02. The van der Waals surface area contributed by atoms with Gasteiger partial charge < -0.3 is 9.72 Å².